The molecular weight excluding hydrogens is 234 g/mol. The number of hydrogen-bond acceptors (Lipinski definition) is 5. The summed E-state index contributed by atoms with van der Waals surface area (Å²) in [5.41, 5.74) is 0. The Kier molecular flexibility index (Phi) is 9.28. The van der Waals surface area contributed by atoms with Crippen molar-refractivity contribution in [2.75, 3.05) is 33.9 Å². The van der Waals surface area contributed by atoms with Crippen molar-refractivity contribution in [1.82, 2.24) is 4.90 Å². The van der Waals surface area contributed by atoms with E-state index < -0.39 is 0 Å². The predicted molar refractivity (Wildman–Crippen MR) is 69.2 cm³/mol. The Morgan fingerprint density at radius 3 is 2.22 bits per heavy atom. The third-order valence-electron chi connectivity index (χ3n) is 2.50. The number of nitrogens with zero attached hydrogens (tertiary/aromatic N) is 1. The third kappa shape index (κ3) is 8.06. The number of esters is 2. The highest BCUT2D eigenvalue weighted by atomic mass is 16.5. The molecule has 5 heteroatoms. The fraction of sp³-hybridized carbons (Fsp3) is 0.846. The fourth-order valence-electron chi connectivity index (χ4n) is 1.64. The highest BCUT2D eigenvalue weighted by molar-refractivity contribution is 5.79. The summed E-state index contributed by atoms with van der Waals surface area (Å²) in [6.07, 6.45) is 1.62. The van der Waals surface area contributed by atoms with Gasteiger partial charge in [-0.25, -0.2) is 0 Å². The minimum atomic E-state index is -0.385. The maximum absolute atomic E-state index is 11.7. The smallest absolute Gasteiger partial charge is 0.309 e. The van der Waals surface area contributed by atoms with Gasteiger partial charge in [0.15, 0.2) is 0 Å². The SMILES string of the molecule is CCOC(=O)CC(CCCN(C)C)C(=O)OCC. The molecule has 0 aromatic rings. The molecule has 0 aliphatic heterocycles. The van der Waals surface area contributed by atoms with E-state index >= 15 is 0 Å². The number of carbonyl (C=O) groups excluding carboxylic acids is 2. The van der Waals surface area contributed by atoms with E-state index in [1.807, 2.05) is 19.0 Å². The molecule has 0 amide bonds. The lowest BCUT2D eigenvalue weighted by Crippen LogP contribution is -2.23. The Hall–Kier alpha value is -1.10. The van der Waals surface area contributed by atoms with Crippen LogP contribution in [0.2, 0.25) is 0 Å². The average molecular weight is 259 g/mol. The molecule has 0 radical (unpaired) electrons. The molecular formula is C13H25NO4. The Morgan fingerprint density at radius 2 is 1.72 bits per heavy atom. The van der Waals surface area contributed by atoms with Gasteiger partial charge in [0.05, 0.1) is 25.6 Å². The second-order valence-electron chi connectivity index (χ2n) is 4.40. The van der Waals surface area contributed by atoms with E-state index in [0.29, 0.717) is 19.6 Å². The molecule has 18 heavy (non-hydrogen) atoms. The van der Waals surface area contributed by atoms with Gasteiger partial charge in [0.2, 0.25) is 0 Å². The van der Waals surface area contributed by atoms with Crippen LogP contribution in [0.3, 0.4) is 0 Å². The third-order valence-corrected chi connectivity index (χ3v) is 2.50. The van der Waals surface area contributed by atoms with Gasteiger partial charge < -0.3 is 14.4 Å². The number of hydrogen-bond donors (Lipinski definition) is 0. The van der Waals surface area contributed by atoms with E-state index in [9.17, 15) is 9.59 Å². The molecule has 0 aliphatic carbocycles. The van der Waals surface area contributed by atoms with Gasteiger partial charge in [-0.1, -0.05) is 0 Å². The van der Waals surface area contributed by atoms with Crippen LogP contribution in [-0.4, -0.2) is 50.7 Å². The van der Waals surface area contributed by atoms with Crippen LogP contribution in [0.5, 0.6) is 0 Å². The van der Waals surface area contributed by atoms with Gasteiger partial charge in [0.25, 0.3) is 0 Å². The van der Waals surface area contributed by atoms with Crippen molar-refractivity contribution in [2.45, 2.75) is 33.1 Å². The Bertz CT molecular complexity index is 253. The summed E-state index contributed by atoms with van der Waals surface area (Å²) >= 11 is 0. The van der Waals surface area contributed by atoms with E-state index in [-0.39, 0.29) is 24.3 Å². The fourth-order valence-corrected chi connectivity index (χ4v) is 1.64. The summed E-state index contributed by atoms with van der Waals surface area (Å²) in [7, 11) is 3.95. The van der Waals surface area contributed by atoms with Crippen molar-refractivity contribution in [3.63, 3.8) is 0 Å². The molecule has 0 heterocycles. The highest BCUT2D eigenvalue weighted by Crippen LogP contribution is 2.15. The molecule has 1 atom stereocenters. The first kappa shape index (κ1) is 16.9. The number of rotatable bonds is 9. The molecule has 0 aliphatic rings. The van der Waals surface area contributed by atoms with Crippen molar-refractivity contribution in [3.8, 4) is 0 Å². The van der Waals surface area contributed by atoms with Crippen LogP contribution >= 0.6 is 0 Å². The van der Waals surface area contributed by atoms with E-state index in [4.69, 9.17) is 9.47 Å². The minimum absolute atomic E-state index is 0.111. The zero-order valence-corrected chi connectivity index (χ0v) is 11.9. The van der Waals surface area contributed by atoms with Crippen molar-refractivity contribution >= 4 is 11.9 Å². The number of carbonyl (C=O) groups is 2. The first-order chi connectivity index (χ1) is 8.51. The van der Waals surface area contributed by atoms with Gasteiger partial charge in [-0.2, -0.15) is 0 Å². The molecule has 0 aromatic heterocycles. The number of ether oxygens (including phenoxy) is 2. The second kappa shape index (κ2) is 9.88. The standard InChI is InChI=1S/C13H25NO4/c1-5-17-12(15)10-11(13(16)18-6-2)8-7-9-14(3)4/h11H,5-10H2,1-4H3. The van der Waals surface area contributed by atoms with Crippen LogP contribution in [0.4, 0.5) is 0 Å². The summed E-state index contributed by atoms with van der Waals surface area (Å²) < 4.78 is 9.85. The summed E-state index contributed by atoms with van der Waals surface area (Å²) in [5.74, 6) is -1.02. The van der Waals surface area contributed by atoms with Gasteiger partial charge in [-0.15, -0.1) is 0 Å². The van der Waals surface area contributed by atoms with Crippen molar-refractivity contribution in [2.24, 2.45) is 5.92 Å². The lowest BCUT2D eigenvalue weighted by molar-refractivity contribution is -0.155. The maximum atomic E-state index is 11.7. The second-order valence-corrected chi connectivity index (χ2v) is 4.40. The van der Waals surface area contributed by atoms with E-state index in [2.05, 4.69) is 0 Å². The van der Waals surface area contributed by atoms with Crippen molar-refractivity contribution < 1.29 is 19.1 Å². The molecule has 0 aromatic carbocycles. The quantitative estimate of drug-likeness (QED) is 0.587. The van der Waals surface area contributed by atoms with Crippen molar-refractivity contribution in [1.29, 1.82) is 0 Å². The van der Waals surface area contributed by atoms with E-state index in [0.717, 1.165) is 13.0 Å². The van der Waals surface area contributed by atoms with Crippen LogP contribution in [0.25, 0.3) is 0 Å². The average Bonchev–Trinajstić information content (AvgIpc) is 2.28. The molecule has 0 fully saturated rings. The minimum Gasteiger partial charge on any atom is -0.466 e. The summed E-state index contributed by atoms with van der Waals surface area (Å²) in [6, 6.07) is 0. The van der Waals surface area contributed by atoms with Gasteiger partial charge in [-0.05, 0) is 47.3 Å². The molecule has 0 saturated carbocycles. The first-order valence-electron chi connectivity index (χ1n) is 6.48. The van der Waals surface area contributed by atoms with Crippen LogP contribution < -0.4 is 0 Å². The first-order valence-corrected chi connectivity index (χ1v) is 6.48. The van der Waals surface area contributed by atoms with Crippen LogP contribution in [-0.2, 0) is 19.1 Å². The predicted octanol–water partition coefficient (Wildman–Crippen LogP) is 1.46. The molecule has 106 valence electrons. The molecule has 0 saturated heterocycles. The van der Waals surface area contributed by atoms with Crippen LogP contribution in [0.15, 0.2) is 0 Å². The zero-order chi connectivity index (χ0) is 14.0. The van der Waals surface area contributed by atoms with E-state index in [1.165, 1.54) is 0 Å². The van der Waals surface area contributed by atoms with Gasteiger partial charge in [-0.3, -0.25) is 9.59 Å². The van der Waals surface area contributed by atoms with Gasteiger partial charge in [0.1, 0.15) is 0 Å². The Balaban J connectivity index is 4.24. The Labute approximate surface area is 109 Å². The summed E-state index contributed by atoms with van der Waals surface area (Å²) in [4.78, 5) is 25.2. The normalized spacial score (nSPS) is 12.3. The monoisotopic (exact) mass is 259 g/mol. The molecule has 0 bridgehead atoms. The summed E-state index contributed by atoms with van der Waals surface area (Å²) in [5, 5.41) is 0. The largest absolute Gasteiger partial charge is 0.466 e. The lowest BCUT2D eigenvalue weighted by atomic mass is 9.99. The Morgan fingerprint density at radius 1 is 1.11 bits per heavy atom. The van der Waals surface area contributed by atoms with Crippen LogP contribution in [0.1, 0.15) is 33.1 Å². The molecule has 0 spiro atoms. The lowest BCUT2D eigenvalue weighted by Gasteiger charge is -2.16. The highest BCUT2D eigenvalue weighted by Gasteiger charge is 2.23. The van der Waals surface area contributed by atoms with Gasteiger partial charge in [0, 0.05) is 0 Å². The maximum Gasteiger partial charge on any atom is 0.309 e. The van der Waals surface area contributed by atoms with Crippen LogP contribution in [0, 0.1) is 5.92 Å². The molecule has 0 N–H and O–H groups in total. The van der Waals surface area contributed by atoms with Crippen molar-refractivity contribution in [3.05, 3.63) is 0 Å². The van der Waals surface area contributed by atoms with E-state index in [1.54, 1.807) is 13.8 Å². The topological polar surface area (TPSA) is 55.8 Å². The molecule has 0 rings (SSSR count). The summed E-state index contributed by atoms with van der Waals surface area (Å²) in [6.45, 7) is 5.08. The molecule has 1 unspecified atom stereocenters. The zero-order valence-electron chi connectivity index (χ0n) is 11.9. The molecule has 5 nitrogen and oxygen atoms in total. The van der Waals surface area contributed by atoms with Gasteiger partial charge >= 0.3 is 11.9 Å².